The molecule has 0 aromatic carbocycles. The zero-order chi connectivity index (χ0) is 16.5. The Morgan fingerprint density at radius 2 is 2.17 bits per heavy atom. The van der Waals surface area contributed by atoms with Crippen LogP contribution in [0.5, 0.6) is 0 Å². The number of rotatable bonds is 4. The van der Waals surface area contributed by atoms with Crippen molar-refractivity contribution in [2.75, 3.05) is 31.6 Å². The lowest BCUT2D eigenvalue weighted by atomic mass is 9.92. The molecule has 2 fully saturated rings. The van der Waals surface area contributed by atoms with Crippen molar-refractivity contribution in [2.24, 2.45) is 0 Å². The van der Waals surface area contributed by atoms with Gasteiger partial charge < -0.3 is 19.9 Å². The van der Waals surface area contributed by atoms with Gasteiger partial charge >= 0.3 is 0 Å². The Morgan fingerprint density at radius 3 is 2.92 bits per heavy atom. The molecular formula is C17H21N5O2. The van der Waals surface area contributed by atoms with Crippen molar-refractivity contribution >= 4 is 22.8 Å². The highest BCUT2D eigenvalue weighted by molar-refractivity contribution is 5.91. The number of hydrogen-bond acceptors (Lipinski definition) is 5. The van der Waals surface area contributed by atoms with E-state index < -0.39 is 0 Å². The SMILES string of the molecule is C=CC(=O)N1CC(Nc2ncnc3[nH]cc(C4CCOCC4)c23)C1. The summed E-state index contributed by atoms with van der Waals surface area (Å²) in [5, 5.41) is 4.53. The summed E-state index contributed by atoms with van der Waals surface area (Å²) in [5.74, 6) is 1.29. The van der Waals surface area contributed by atoms with Crippen LogP contribution < -0.4 is 5.32 Å². The van der Waals surface area contributed by atoms with E-state index in [0.717, 1.165) is 42.9 Å². The summed E-state index contributed by atoms with van der Waals surface area (Å²) < 4.78 is 5.47. The first-order valence-electron chi connectivity index (χ1n) is 8.34. The molecule has 4 rings (SSSR count). The molecule has 2 N–H and O–H groups in total. The summed E-state index contributed by atoms with van der Waals surface area (Å²) in [6, 6.07) is 0.212. The number of likely N-dealkylation sites (tertiary alicyclic amines) is 1. The van der Waals surface area contributed by atoms with E-state index in [1.807, 2.05) is 0 Å². The van der Waals surface area contributed by atoms with Gasteiger partial charge in [0.1, 0.15) is 17.8 Å². The first-order valence-corrected chi connectivity index (χ1v) is 8.34. The Kier molecular flexibility index (Phi) is 3.93. The maximum Gasteiger partial charge on any atom is 0.246 e. The number of amides is 1. The molecule has 1 amide bonds. The van der Waals surface area contributed by atoms with Gasteiger partial charge in [0.25, 0.3) is 0 Å². The van der Waals surface area contributed by atoms with Gasteiger partial charge in [-0.1, -0.05) is 6.58 Å². The van der Waals surface area contributed by atoms with Crippen molar-refractivity contribution in [3.8, 4) is 0 Å². The average Bonchev–Trinajstić information content (AvgIpc) is 3.03. The van der Waals surface area contributed by atoms with E-state index in [4.69, 9.17) is 4.74 Å². The molecule has 2 aromatic heterocycles. The molecule has 0 spiro atoms. The molecule has 2 saturated heterocycles. The molecule has 7 nitrogen and oxygen atoms in total. The fourth-order valence-electron chi connectivity index (χ4n) is 3.50. The monoisotopic (exact) mass is 327 g/mol. The van der Waals surface area contributed by atoms with Gasteiger partial charge in [-0.05, 0) is 30.4 Å². The van der Waals surface area contributed by atoms with E-state index in [0.29, 0.717) is 19.0 Å². The second-order valence-electron chi connectivity index (χ2n) is 6.37. The summed E-state index contributed by atoms with van der Waals surface area (Å²) in [5.41, 5.74) is 2.11. The summed E-state index contributed by atoms with van der Waals surface area (Å²) in [7, 11) is 0. The summed E-state index contributed by atoms with van der Waals surface area (Å²) in [6.45, 7) is 6.47. The maximum absolute atomic E-state index is 11.6. The van der Waals surface area contributed by atoms with Gasteiger partial charge in [-0.15, -0.1) is 0 Å². The second-order valence-corrected chi connectivity index (χ2v) is 6.37. The predicted octanol–water partition coefficient (Wildman–Crippen LogP) is 1.66. The summed E-state index contributed by atoms with van der Waals surface area (Å²) in [6.07, 6.45) is 7.02. The molecule has 0 saturated carbocycles. The van der Waals surface area contributed by atoms with Crippen molar-refractivity contribution in [1.29, 1.82) is 0 Å². The lowest BCUT2D eigenvalue weighted by Crippen LogP contribution is -2.56. The van der Waals surface area contributed by atoms with E-state index >= 15 is 0 Å². The third-order valence-electron chi connectivity index (χ3n) is 4.87. The van der Waals surface area contributed by atoms with Crippen LogP contribution in [-0.4, -0.2) is 58.1 Å². The first-order chi connectivity index (χ1) is 11.8. The fourth-order valence-corrected chi connectivity index (χ4v) is 3.50. The molecule has 0 bridgehead atoms. The number of nitrogens with zero attached hydrogens (tertiary/aromatic N) is 3. The van der Waals surface area contributed by atoms with Crippen molar-refractivity contribution in [1.82, 2.24) is 19.9 Å². The van der Waals surface area contributed by atoms with E-state index in [1.165, 1.54) is 11.6 Å². The molecule has 4 heterocycles. The number of nitrogens with one attached hydrogen (secondary N) is 2. The highest BCUT2D eigenvalue weighted by Gasteiger charge is 2.30. The van der Waals surface area contributed by atoms with Crippen LogP contribution in [-0.2, 0) is 9.53 Å². The van der Waals surface area contributed by atoms with Crippen LogP contribution in [0.4, 0.5) is 5.82 Å². The lowest BCUT2D eigenvalue weighted by molar-refractivity contribution is -0.129. The zero-order valence-corrected chi connectivity index (χ0v) is 13.5. The van der Waals surface area contributed by atoms with Gasteiger partial charge in [-0.3, -0.25) is 4.79 Å². The van der Waals surface area contributed by atoms with Gasteiger partial charge in [0.15, 0.2) is 0 Å². The molecule has 2 aliphatic rings. The third kappa shape index (κ3) is 2.65. The van der Waals surface area contributed by atoms with E-state index in [1.54, 1.807) is 11.2 Å². The van der Waals surface area contributed by atoms with Gasteiger partial charge in [0.2, 0.25) is 5.91 Å². The first kappa shape index (κ1) is 15.1. The Labute approximate surface area is 140 Å². The van der Waals surface area contributed by atoms with Crippen LogP contribution in [0.15, 0.2) is 25.2 Å². The second kappa shape index (κ2) is 6.24. The quantitative estimate of drug-likeness (QED) is 0.835. The van der Waals surface area contributed by atoms with E-state index in [9.17, 15) is 4.79 Å². The highest BCUT2D eigenvalue weighted by atomic mass is 16.5. The number of aromatic amines is 1. The topological polar surface area (TPSA) is 83.1 Å². The van der Waals surface area contributed by atoms with Crippen molar-refractivity contribution in [2.45, 2.75) is 24.8 Å². The van der Waals surface area contributed by atoms with Crippen molar-refractivity contribution in [3.05, 3.63) is 30.7 Å². The van der Waals surface area contributed by atoms with Crippen LogP contribution in [0.25, 0.3) is 11.0 Å². The molecule has 0 unspecified atom stereocenters. The molecule has 24 heavy (non-hydrogen) atoms. The standard InChI is InChI=1S/C17H21N5O2/c1-2-14(23)22-8-12(9-22)21-17-15-13(11-3-5-24-6-4-11)7-18-16(15)19-10-20-17/h2,7,10-12H,1,3-6,8-9H2,(H2,18,19,20,21). The minimum absolute atomic E-state index is 0.0228. The van der Waals surface area contributed by atoms with Crippen LogP contribution in [0.1, 0.15) is 24.3 Å². The molecule has 2 aliphatic heterocycles. The van der Waals surface area contributed by atoms with E-state index in [-0.39, 0.29) is 11.9 Å². The number of aromatic nitrogens is 3. The Morgan fingerprint density at radius 1 is 1.38 bits per heavy atom. The zero-order valence-electron chi connectivity index (χ0n) is 13.5. The van der Waals surface area contributed by atoms with Crippen molar-refractivity contribution < 1.29 is 9.53 Å². The van der Waals surface area contributed by atoms with Gasteiger partial charge in [0.05, 0.1) is 11.4 Å². The third-order valence-corrected chi connectivity index (χ3v) is 4.87. The lowest BCUT2D eigenvalue weighted by Gasteiger charge is -2.39. The van der Waals surface area contributed by atoms with E-state index in [2.05, 4.69) is 33.0 Å². The van der Waals surface area contributed by atoms with Crippen LogP contribution in [0, 0.1) is 0 Å². The molecule has 0 aliphatic carbocycles. The number of ether oxygens (including phenoxy) is 1. The minimum Gasteiger partial charge on any atom is -0.381 e. The molecule has 0 atom stereocenters. The minimum atomic E-state index is -0.0228. The normalized spacial score (nSPS) is 19.2. The molecule has 2 aromatic rings. The largest absolute Gasteiger partial charge is 0.381 e. The fraction of sp³-hybridized carbons (Fsp3) is 0.471. The maximum atomic E-state index is 11.6. The number of carbonyl (C=O) groups is 1. The summed E-state index contributed by atoms with van der Waals surface area (Å²) >= 11 is 0. The molecule has 126 valence electrons. The van der Waals surface area contributed by atoms with Gasteiger partial charge in [-0.25, -0.2) is 9.97 Å². The average molecular weight is 327 g/mol. The summed E-state index contributed by atoms with van der Waals surface area (Å²) in [4.78, 5) is 25.4. The molecule has 7 heteroatoms. The number of H-pyrrole nitrogens is 1. The number of carbonyl (C=O) groups excluding carboxylic acids is 1. The van der Waals surface area contributed by atoms with Crippen LogP contribution in [0.2, 0.25) is 0 Å². The van der Waals surface area contributed by atoms with Crippen LogP contribution in [0.3, 0.4) is 0 Å². The highest BCUT2D eigenvalue weighted by Crippen LogP contribution is 2.35. The predicted molar refractivity (Wildman–Crippen MR) is 90.9 cm³/mol. The number of anilines is 1. The number of hydrogen-bond donors (Lipinski definition) is 2. The Balaban J connectivity index is 1.56. The van der Waals surface area contributed by atoms with Crippen LogP contribution >= 0.6 is 0 Å². The Bertz CT molecular complexity index is 759. The smallest absolute Gasteiger partial charge is 0.246 e. The Hall–Kier alpha value is -2.41. The molecule has 0 radical (unpaired) electrons. The van der Waals surface area contributed by atoms with Gasteiger partial charge in [-0.2, -0.15) is 0 Å². The van der Waals surface area contributed by atoms with Crippen molar-refractivity contribution in [3.63, 3.8) is 0 Å². The molecular weight excluding hydrogens is 306 g/mol. The number of fused-ring (bicyclic) bond motifs is 1. The van der Waals surface area contributed by atoms with Gasteiger partial charge in [0, 0.05) is 32.5 Å².